The van der Waals surface area contributed by atoms with Crippen molar-refractivity contribution in [3.05, 3.63) is 0 Å². The van der Waals surface area contributed by atoms with Gasteiger partial charge in [-0.25, -0.2) is 0 Å². The van der Waals surface area contributed by atoms with Gasteiger partial charge in [-0.15, -0.1) is 0 Å². The van der Waals surface area contributed by atoms with E-state index in [1.807, 2.05) is 0 Å². The van der Waals surface area contributed by atoms with Crippen molar-refractivity contribution in [2.45, 2.75) is 52.0 Å². The van der Waals surface area contributed by atoms with Crippen molar-refractivity contribution in [3.8, 4) is 0 Å². The topological polar surface area (TPSA) is 29.3 Å². The Hall–Kier alpha value is -0.0800. The van der Waals surface area contributed by atoms with Crippen molar-refractivity contribution < 1.29 is 0 Å². The number of hydrogen-bond donors (Lipinski definition) is 1. The molecule has 1 aliphatic carbocycles. The fraction of sp³-hybridized carbons (Fsp3) is 1.00. The molecular formula is C12H26N2. The van der Waals surface area contributed by atoms with Gasteiger partial charge in [-0.2, -0.15) is 0 Å². The first-order valence-electron chi connectivity index (χ1n) is 6.27. The van der Waals surface area contributed by atoms with Gasteiger partial charge in [0, 0.05) is 19.1 Å². The third kappa shape index (κ3) is 2.96. The van der Waals surface area contributed by atoms with Crippen LogP contribution in [0.1, 0.15) is 46.0 Å². The Morgan fingerprint density at radius 3 is 2.50 bits per heavy atom. The summed E-state index contributed by atoms with van der Waals surface area (Å²) in [6, 6.07) is 0.822. The van der Waals surface area contributed by atoms with Crippen LogP contribution in [0.5, 0.6) is 0 Å². The monoisotopic (exact) mass is 198 g/mol. The van der Waals surface area contributed by atoms with Crippen molar-refractivity contribution in [3.63, 3.8) is 0 Å². The van der Waals surface area contributed by atoms with Crippen LogP contribution in [0.4, 0.5) is 0 Å². The minimum Gasteiger partial charge on any atom is -0.329 e. The summed E-state index contributed by atoms with van der Waals surface area (Å²) >= 11 is 0. The van der Waals surface area contributed by atoms with Gasteiger partial charge in [0.2, 0.25) is 0 Å². The number of hydrogen-bond acceptors (Lipinski definition) is 2. The molecule has 84 valence electrons. The van der Waals surface area contributed by atoms with Crippen molar-refractivity contribution in [2.24, 2.45) is 11.7 Å². The summed E-state index contributed by atoms with van der Waals surface area (Å²) in [7, 11) is 0. The number of nitrogens with two attached hydrogens (primary N) is 1. The molecule has 2 heteroatoms. The maximum absolute atomic E-state index is 5.66. The summed E-state index contributed by atoms with van der Waals surface area (Å²) in [6.07, 6.45) is 7.03. The molecule has 2 atom stereocenters. The molecule has 0 aliphatic heterocycles. The summed E-state index contributed by atoms with van der Waals surface area (Å²) in [5, 5.41) is 0. The lowest BCUT2D eigenvalue weighted by Crippen LogP contribution is -2.44. The van der Waals surface area contributed by atoms with Crippen LogP contribution < -0.4 is 5.73 Å². The van der Waals surface area contributed by atoms with E-state index in [1.165, 1.54) is 38.6 Å². The molecule has 0 aromatic carbocycles. The van der Waals surface area contributed by atoms with E-state index in [0.717, 1.165) is 25.0 Å². The van der Waals surface area contributed by atoms with Gasteiger partial charge in [0.05, 0.1) is 0 Å². The second-order valence-corrected chi connectivity index (χ2v) is 4.44. The molecule has 0 amide bonds. The highest BCUT2D eigenvalue weighted by molar-refractivity contribution is 4.82. The second kappa shape index (κ2) is 6.41. The highest BCUT2D eigenvalue weighted by Gasteiger charge is 2.27. The molecule has 0 heterocycles. The summed E-state index contributed by atoms with van der Waals surface area (Å²) < 4.78 is 0. The van der Waals surface area contributed by atoms with Crippen molar-refractivity contribution >= 4 is 0 Å². The Bertz CT molecular complexity index is 147. The predicted octanol–water partition coefficient (Wildman–Crippen LogP) is 2.24. The van der Waals surface area contributed by atoms with Crippen LogP contribution in [0.15, 0.2) is 0 Å². The predicted molar refractivity (Wildman–Crippen MR) is 62.3 cm³/mol. The van der Waals surface area contributed by atoms with Gasteiger partial charge in [-0.3, -0.25) is 4.90 Å². The SMILES string of the molecule is CCC1CCCCC1N(CC)CCN. The Morgan fingerprint density at radius 1 is 1.21 bits per heavy atom. The number of nitrogens with zero attached hydrogens (tertiary/aromatic N) is 1. The summed E-state index contributed by atoms with van der Waals surface area (Å²) in [4.78, 5) is 2.59. The lowest BCUT2D eigenvalue weighted by molar-refractivity contribution is 0.109. The van der Waals surface area contributed by atoms with Gasteiger partial charge < -0.3 is 5.73 Å². The van der Waals surface area contributed by atoms with Crippen LogP contribution in [0.3, 0.4) is 0 Å². The smallest absolute Gasteiger partial charge is 0.0124 e. The zero-order valence-electron chi connectivity index (χ0n) is 9.84. The lowest BCUT2D eigenvalue weighted by Gasteiger charge is -2.39. The quantitative estimate of drug-likeness (QED) is 0.734. The van der Waals surface area contributed by atoms with Crippen LogP contribution in [-0.2, 0) is 0 Å². The average molecular weight is 198 g/mol. The third-order valence-corrected chi connectivity index (χ3v) is 3.68. The summed E-state index contributed by atoms with van der Waals surface area (Å²) in [6.45, 7) is 7.65. The van der Waals surface area contributed by atoms with E-state index >= 15 is 0 Å². The molecule has 0 saturated heterocycles. The molecule has 1 fully saturated rings. The van der Waals surface area contributed by atoms with E-state index in [0.29, 0.717) is 0 Å². The molecule has 2 unspecified atom stereocenters. The van der Waals surface area contributed by atoms with Crippen molar-refractivity contribution in [1.82, 2.24) is 4.90 Å². The maximum atomic E-state index is 5.66. The first kappa shape index (κ1) is 12.0. The molecule has 14 heavy (non-hydrogen) atoms. The first-order chi connectivity index (χ1) is 6.83. The minimum atomic E-state index is 0.806. The fourth-order valence-electron chi connectivity index (χ4n) is 2.87. The molecule has 1 saturated carbocycles. The normalized spacial score (nSPS) is 28.3. The van der Waals surface area contributed by atoms with Gasteiger partial charge in [0.1, 0.15) is 0 Å². The maximum Gasteiger partial charge on any atom is 0.0124 e. The Balaban J connectivity index is 2.51. The Morgan fingerprint density at radius 2 is 1.93 bits per heavy atom. The lowest BCUT2D eigenvalue weighted by atomic mass is 9.82. The Kier molecular flexibility index (Phi) is 5.49. The molecule has 1 aliphatic rings. The van der Waals surface area contributed by atoms with E-state index in [-0.39, 0.29) is 0 Å². The largest absolute Gasteiger partial charge is 0.329 e. The van der Waals surface area contributed by atoms with Gasteiger partial charge in [0.15, 0.2) is 0 Å². The van der Waals surface area contributed by atoms with Gasteiger partial charge in [-0.1, -0.05) is 33.1 Å². The molecular weight excluding hydrogens is 172 g/mol. The summed E-state index contributed by atoms with van der Waals surface area (Å²) in [5.41, 5.74) is 5.66. The van der Waals surface area contributed by atoms with Crippen LogP contribution in [-0.4, -0.2) is 30.6 Å². The summed E-state index contributed by atoms with van der Waals surface area (Å²) in [5.74, 6) is 0.926. The second-order valence-electron chi connectivity index (χ2n) is 4.44. The van der Waals surface area contributed by atoms with Crippen molar-refractivity contribution in [1.29, 1.82) is 0 Å². The number of likely N-dealkylation sites (N-methyl/N-ethyl adjacent to an activating group) is 1. The Labute approximate surface area is 88.8 Å². The van der Waals surface area contributed by atoms with E-state index < -0.39 is 0 Å². The molecule has 2 nitrogen and oxygen atoms in total. The van der Waals surface area contributed by atoms with E-state index in [1.54, 1.807) is 0 Å². The van der Waals surface area contributed by atoms with E-state index in [2.05, 4.69) is 18.7 Å². The van der Waals surface area contributed by atoms with Gasteiger partial charge in [0.25, 0.3) is 0 Å². The van der Waals surface area contributed by atoms with E-state index in [4.69, 9.17) is 5.73 Å². The zero-order chi connectivity index (χ0) is 10.4. The third-order valence-electron chi connectivity index (χ3n) is 3.68. The van der Waals surface area contributed by atoms with Gasteiger partial charge in [-0.05, 0) is 25.3 Å². The molecule has 0 aromatic heterocycles. The standard InChI is InChI=1S/C12H26N2/c1-3-11-7-5-6-8-12(11)14(4-2)10-9-13/h11-12H,3-10,13H2,1-2H3. The van der Waals surface area contributed by atoms with Crippen molar-refractivity contribution in [2.75, 3.05) is 19.6 Å². The van der Waals surface area contributed by atoms with Gasteiger partial charge >= 0.3 is 0 Å². The highest BCUT2D eigenvalue weighted by Crippen LogP contribution is 2.30. The van der Waals surface area contributed by atoms with E-state index in [9.17, 15) is 0 Å². The van der Waals surface area contributed by atoms with Crippen LogP contribution in [0.25, 0.3) is 0 Å². The van der Waals surface area contributed by atoms with Crippen LogP contribution in [0, 0.1) is 5.92 Å². The fourth-order valence-corrected chi connectivity index (χ4v) is 2.87. The highest BCUT2D eigenvalue weighted by atomic mass is 15.2. The molecule has 0 spiro atoms. The number of rotatable bonds is 5. The first-order valence-corrected chi connectivity index (χ1v) is 6.27. The molecule has 1 rings (SSSR count). The molecule has 0 bridgehead atoms. The molecule has 0 aromatic rings. The zero-order valence-corrected chi connectivity index (χ0v) is 9.84. The molecule has 2 N–H and O–H groups in total. The molecule has 0 radical (unpaired) electrons. The average Bonchev–Trinajstić information content (AvgIpc) is 2.26. The van der Waals surface area contributed by atoms with Crippen LogP contribution >= 0.6 is 0 Å². The van der Waals surface area contributed by atoms with Crippen LogP contribution in [0.2, 0.25) is 0 Å². The minimum absolute atomic E-state index is 0.806.